The maximum Gasteiger partial charge on any atom is 0.325 e. The molecule has 0 saturated heterocycles. The molecule has 4 heteroatoms. The molecular weight excluding hydrogens is 621 g/mol. The molecule has 11 rings (SSSR count). The molecule has 0 saturated carbocycles. The highest BCUT2D eigenvalue weighted by Gasteiger charge is 2.79. The van der Waals surface area contributed by atoms with Crippen LogP contribution >= 0.6 is 0 Å². The zero-order chi connectivity index (χ0) is 34.1. The summed E-state index contributed by atoms with van der Waals surface area (Å²) in [4.78, 5) is 0. The molecule has 0 N–H and O–H groups in total. The van der Waals surface area contributed by atoms with Crippen molar-refractivity contribution in [1.29, 1.82) is 0 Å². The zero-order valence-corrected chi connectivity index (χ0v) is 29.2. The van der Waals surface area contributed by atoms with Crippen LogP contribution in [-0.4, -0.2) is 4.57 Å². The van der Waals surface area contributed by atoms with Crippen molar-refractivity contribution in [1.82, 2.24) is 4.57 Å². The van der Waals surface area contributed by atoms with E-state index in [9.17, 15) is 0 Å². The number of nitrogens with zero attached hydrogens (tertiary/aromatic N) is 4. The van der Waals surface area contributed by atoms with Crippen LogP contribution in [0.2, 0.25) is 0 Å². The van der Waals surface area contributed by atoms with E-state index >= 15 is 0 Å². The van der Waals surface area contributed by atoms with Crippen LogP contribution in [0.25, 0.3) is 55.6 Å². The molecule has 7 heterocycles. The van der Waals surface area contributed by atoms with Crippen LogP contribution in [0, 0.1) is 12.8 Å². The summed E-state index contributed by atoms with van der Waals surface area (Å²) in [5.41, 5.74) is 14.4. The van der Waals surface area contributed by atoms with E-state index in [0.29, 0.717) is 5.92 Å². The molecule has 2 unspecified atom stereocenters. The minimum absolute atomic E-state index is 0.481. The van der Waals surface area contributed by atoms with E-state index < -0.39 is 11.1 Å². The Labute approximate surface area is 298 Å². The van der Waals surface area contributed by atoms with Gasteiger partial charge in [0.25, 0.3) is 5.54 Å². The SMILES string of the molecule is Cc1cc[n+]2c(c1)-c1c(ccc3c4ccccc4n(CC(C)C)c13)C1(C2)[n+]2ccccc2-c2ccccc2C12c1ccccc1-c1cccc[n+]12. The van der Waals surface area contributed by atoms with Crippen molar-refractivity contribution in [2.45, 2.75) is 44.9 Å². The highest BCUT2D eigenvalue weighted by molar-refractivity contribution is 6.13. The summed E-state index contributed by atoms with van der Waals surface area (Å²) in [6, 6.07) is 50.5. The number of para-hydroxylation sites is 1. The van der Waals surface area contributed by atoms with Crippen LogP contribution in [0.4, 0.5) is 0 Å². The first-order valence-corrected chi connectivity index (χ1v) is 18.3. The number of aromatic nitrogens is 4. The fourth-order valence-electron chi connectivity index (χ4n) is 10.4. The van der Waals surface area contributed by atoms with E-state index in [-0.39, 0.29) is 0 Å². The normalized spacial score (nSPS) is 19.2. The van der Waals surface area contributed by atoms with Crippen molar-refractivity contribution in [3.05, 3.63) is 174 Å². The molecule has 4 aromatic heterocycles. The molecule has 0 amide bonds. The Balaban J connectivity index is 1.42. The molecule has 0 aliphatic carbocycles. The molecule has 2 spiro atoms. The topological polar surface area (TPSA) is 16.6 Å². The summed E-state index contributed by atoms with van der Waals surface area (Å²) in [7, 11) is 0. The van der Waals surface area contributed by atoms with E-state index in [2.05, 4.69) is 191 Å². The van der Waals surface area contributed by atoms with Gasteiger partial charge in [-0.3, -0.25) is 0 Å². The largest absolute Gasteiger partial charge is 0.340 e. The van der Waals surface area contributed by atoms with Crippen molar-refractivity contribution < 1.29 is 13.7 Å². The van der Waals surface area contributed by atoms with Crippen LogP contribution in [0.1, 0.15) is 36.1 Å². The van der Waals surface area contributed by atoms with Gasteiger partial charge in [0, 0.05) is 70.4 Å². The number of pyridine rings is 3. The van der Waals surface area contributed by atoms with Gasteiger partial charge in [-0.25, -0.2) is 0 Å². The molecule has 2 atom stereocenters. The van der Waals surface area contributed by atoms with Gasteiger partial charge >= 0.3 is 5.54 Å². The predicted octanol–water partition coefficient (Wildman–Crippen LogP) is 8.50. The molecule has 0 fully saturated rings. The molecule has 0 radical (unpaired) electrons. The zero-order valence-electron chi connectivity index (χ0n) is 29.2. The van der Waals surface area contributed by atoms with Gasteiger partial charge in [0.2, 0.25) is 23.6 Å². The Hall–Kier alpha value is -5.87. The summed E-state index contributed by atoms with van der Waals surface area (Å²) in [5.74, 6) is 0.481. The summed E-state index contributed by atoms with van der Waals surface area (Å²) >= 11 is 0. The fourth-order valence-corrected chi connectivity index (χ4v) is 10.4. The maximum absolute atomic E-state index is 2.65. The van der Waals surface area contributed by atoms with E-state index in [1.165, 1.54) is 77.8 Å². The Kier molecular flexibility index (Phi) is 5.73. The second-order valence-corrected chi connectivity index (χ2v) is 15.2. The molecule has 4 nitrogen and oxygen atoms in total. The van der Waals surface area contributed by atoms with Crippen LogP contribution in [0.5, 0.6) is 0 Å². The third-order valence-corrected chi connectivity index (χ3v) is 12.0. The second-order valence-electron chi connectivity index (χ2n) is 15.2. The summed E-state index contributed by atoms with van der Waals surface area (Å²) in [6.07, 6.45) is 7.04. The quantitative estimate of drug-likeness (QED) is 0.166. The van der Waals surface area contributed by atoms with Crippen molar-refractivity contribution in [2.24, 2.45) is 5.92 Å². The Morgan fingerprint density at radius 3 is 2.00 bits per heavy atom. The van der Waals surface area contributed by atoms with E-state index in [1.54, 1.807) is 0 Å². The van der Waals surface area contributed by atoms with Crippen molar-refractivity contribution >= 4 is 21.8 Å². The third kappa shape index (κ3) is 3.43. The van der Waals surface area contributed by atoms with Crippen LogP contribution in [-0.2, 0) is 24.2 Å². The van der Waals surface area contributed by atoms with E-state index in [1.807, 2.05) is 0 Å². The van der Waals surface area contributed by atoms with Crippen molar-refractivity contribution in [3.8, 4) is 33.8 Å². The average molecular weight is 660 g/mol. The second kappa shape index (κ2) is 10.1. The van der Waals surface area contributed by atoms with Gasteiger partial charge in [0.15, 0.2) is 18.6 Å². The molecule has 0 bridgehead atoms. The standard InChI is InChI=1S/C47H39N4/c1-31(2)29-49-40-19-9-6-14-33(40)34-22-23-39-44(45(34)49)43-28-32(3)24-27-48(43)30-46(39)47(37-17-7-4-15-35(37)41-20-10-12-25-50(41)46)38-18-8-5-16-36(38)42-21-11-13-26-51(42)47/h4-28,31H,29-30H2,1-3H3/q+3. The predicted molar refractivity (Wildman–Crippen MR) is 202 cm³/mol. The number of fused-ring (bicyclic) bond motifs is 19. The fraction of sp³-hybridized carbons (Fsp3) is 0.170. The van der Waals surface area contributed by atoms with Crippen LogP contribution in [0.15, 0.2) is 152 Å². The highest BCUT2D eigenvalue weighted by Crippen LogP contribution is 2.59. The average Bonchev–Trinajstić information content (AvgIpc) is 3.64. The Morgan fingerprint density at radius 1 is 0.608 bits per heavy atom. The van der Waals surface area contributed by atoms with Crippen LogP contribution < -0.4 is 13.7 Å². The van der Waals surface area contributed by atoms with Gasteiger partial charge in [-0.2, -0.15) is 13.7 Å². The highest BCUT2D eigenvalue weighted by atomic mass is 15.3. The number of benzene rings is 4. The lowest BCUT2D eigenvalue weighted by atomic mass is 9.59. The number of aryl methyl sites for hydroxylation is 1. The molecule has 8 aromatic rings. The minimum atomic E-state index is -0.608. The molecule has 3 aliphatic heterocycles. The lowest BCUT2D eigenvalue weighted by Gasteiger charge is -2.44. The number of rotatable bonds is 2. The maximum atomic E-state index is 2.65. The summed E-state index contributed by atoms with van der Waals surface area (Å²) in [6.45, 7) is 8.62. The van der Waals surface area contributed by atoms with Gasteiger partial charge in [-0.15, -0.1) is 0 Å². The van der Waals surface area contributed by atoms with Gasteiger partial charge in [-0.05, 0) is 54.8 Å². The van der Waals surface area contributed by atoms with Crippen molar-refractivity contribution in [2.75, 3.05) is 0 Å². The van der Waals surface area contributed by atoms with Gasteiger partial charge in [0.05, 0.1) is 27.8 Å². The third-order valence-electron chi connectivity index (χ3n) is 12.0. The first-order chi connectivity index (χ1) is 25.0. The van der Waals surface area contributed by atoms with Crippen molar-refractivity contribution in [3.63, 3.8) is 0 Å². The molecule has 3 aliphatic rings. The lowest BCUT2D eigenvalue weighted by molar-refractivity contribution is -0.885. The van der Waals surface area contributed by atoms with E-state index in [0.717, 1.165) is 13.1 Å². The van der Waals surface area contributed by atoms with Gasteiger partial charge in [-0.1, -0.05) is 74.5 Å². The first-order valence-electron chi connectivity index (χ1n) is 18.3. The summed E-state index contributed by atoms with van der Waals surface area (Å²) in [5, 5.41) is 2.64. The minimum Gasteiger partial charge on any atom is -0.340 e. The molecule has 51 heavy (non-hydrogen) atoms. The number of hydrogen-bond acceptors (Lipinski definition) is 0. The monoisotopic (exact) mass is 659 g/mol. The lowest BCUT2D eigenvalue weighted by Crippen LogP contribution is -2.83. The Morgan fingerprint density at radius 2 is 1.25 bits per heavy atom. The van der Waals surface area contributed by atoms with Crippen LogP contribution in [0.3, 0.4) is 0 Å². The van der Waals surface area contributed by atoms with Gasteiger partial charge in [0.1, 0.15) is 0 Å². The molecule has 4 aromatic carbocycles. The summed E-state index contributed by atoms with van der Waals surface area (Å²) < 4.78 is 10.5. The first kappa shape index (κ1) is 28.9. The molecule has 244 valence electrons. The number of hydrogen-bond donors (Lipinski definition) is 0. The Bertz CT molecular complexity index is 2720. The van der Waals surface area contributed by atoms with E-state index in [4.69, 9.17) is 0 Å². The smallest absolute Gasteiger partial charge is 0.325 e. The van der Waals surface area contributed by atoms with Gasteiger partial charge < -0.3 is 4.57 Å². The molecular formula is C47H39N4+3.